The Kier molecular flexibility index (Phi) is 7.01. The molecule has 1 aliphatic heterocycles. The van der Waals surface area contributed by atoms with E-state index in [1.165, 1.54) is 6.07 Å². The van der Waals surface area contributed by atoms with Crippen LogP contribution in [-0.2, 0) is 16.0 Å². The highest BCUT2D eigenvalue weighted by Gasteiger charge is 2.44. The van der Waals surface area contributed by atoms with Crippen molar-refractivity contribution in [2.75, 3.05) is 18.0 Å². The van der Waals surface area contributed by atoms with Gasteiger partial charge in [0.1, 0.15) is 5.75 Å². The molecule has 0 atom stereocenters. The van der Waals surface area contributed by atoms with Crippen molar-refractivity contribution < 1.29 is 26.3 Å². The number of para-hydroxylation sites is 1. The fourth-order valence-electron chi connectivity index (χ4n) is 4.41. The van der Waals surface area contributed by atoms with Gasteiger partial charge in [-0.1, -0.05) is 24.3 Å². The molecule has 0 amide bonds. The average molecular weight is 520 g/mol. The number of hydrogen-bond donors (Lipinski definition) is 0. The zero-order valence-corrected chi connectivity index (χ0v) is 21.1. The number of aromatic nitrogens is 2. The molecule has 10 heteroatoms. The first kappa shape index (κ1) is 25.9. The molecular formula is C26H28F3N3O3S. The standard InChI is InChI=1S/C26H28F3N3O3S/c1-18-17-30-24(31-23(18)35-21-9-5-4-6-10-21)32-14-12-19(13-15-32)25(2,3)36(33,34)22-11-7-8-20(16-22)26(27,28)29/h4-11,16-17,19H,12-15H2,1-3H3. The summed E-state index contributed by atoms with van der Waals surface area (Å²) in [5.74, 6) is 1.34. The highest BCUT2D eigenvalue weighted by Crippen LogP contribution is 2.40. The lowest BCUT2D eigenvalue weighted by atomic mass is 9.86. The molecule has 1 aromatic heterocycles. The van der Waals surface area contributed by atoms with E-state index in [1.54, 1.807) is 20.0 Å². The van der Waals surface area contributed by atoms with Crippen LogP contribution >= 0.6 is 0 Å². The van der Waals surface area contributed by atoms with E-state index in [4.69, 9.17) is 4.74 Å². The molecule has 0 aliphatic carbocycles. The number of piperidine rings is 1. The Hall–Kier alpha value is -3.14. The van der Waals surface area contributed by atoms with Crippen LogP contribution in [0.3, 0.4) is 0 Å². The fourth-order valence-corrected chi connectivity index (χ4v) is 6.23. The number of benzene rings is 2. The van der Waals surface area contributed by atoms with Crippen LogP contribution in [0.4, 0.5) is 19.1 Å². The van der Waals surface area contributed by atoms with Gasteiger partial charge in [0.2, 0.25) is 11.8 Å². The van der Waals surface area contributed by atoms with Crippen molar-refractivity contribution in [3.05, 3.63) is 71.9 Å². The number of sulfone groups is 1. The minimum Gasteiger partial charge on any atom is -0.439 e. The molecule has 0 saturated carbocycles. The third kappa shape index (κ3) is 5.18. The summed E-state index contributed by atoms with van der Waals surface area (Å²) in [6, 6.07) is 13.3. The second-order valence-electron chi connectivity index (χ2n) is 9.47. The van der Waals surface area contributed by atoms with Gasteiger partial charge in [-0.15, -0.1) is 0 Å². The van der Waals surface area contributed by atoms with Gasteiger partial charge in [-0.3, -0.25) is 0 Å². The van der Waals surface area contributed by atoms with Crippen molar-refractivity contribution in [2.45, 2.75) is 49.4 Å². The summed E-state index contributed by atoms with van der Waals surface area (Å²) in [4.78, 5) is 10.7. The first-order valence-electron chi connectivity index (χ1n) is 11.6. The van der Waals surface area contributed by atoms with Crippen LogP contribution in [0.25, 0.3) is 0 Å². The molecule has 3 aromatic rings. The quantitative estimate of drug-likeness (QED) is 0.394. The Labute approximate surface area is 209 Å². The zero-order chi connectivity index (χ0) is 26.1. The van der Waals surface area contributed by atoms with Crippen molar-refractivity contribution in [2.24, 2.45) is 5.92 Å². The van der Waals surface area contributed by atoms with Crippen LogP contribution in [0.5, 0.6) is 11.6 Å². The maximum Gasteiger partial charge on any atom is 0.416 e. The van der Waals surface area contributed by atoms with Crippen molar-refractivity contribution in [1.82, 2.24) is 9.97 Å². The van der Waals surface area contributed by atoms with Crippen LogP contribution < -0.4 is 9.64 Å². The molecule has 1 aliphatic rings. The Morgan fingerprint density at radius 1 is 1.00 bits per heavy atom. The Bertz CT molecular complexity index is 1320. The van der Waals surface area contributed by atoms with Crippen LogP contribution in [-0.4, -0.2) is 36.2 Å². The number of aryl methyl sites for hydroxylation is 1. The summed E-state index contributed by atoms with van der Waals surface area (Å²) in [5.41, 5.74) is -0.190. The van der Waals surface area contributed by atoms with Crippen molar-refractivity contribution in [1.29, 1.82) is 0 Å². The van der Waals surface area contributed by atoms with Crippen LogP contribution in [0.15, 0.2) is 65.7 Å². The topological polar surface area (TPSA) is 72.4 Å². The van der Waals surface area contributed by atoms with Gasteiger partial charge < -0.3 is 9.64 Å². The van der Waals surface area contributed by atoms with E-state index in [0.717, 1.165) is 23.8 Å². The molecule has 0 unspecified atom stereocenters. The molecular weight excluding hydrogens is 491 g/mol. The summed E-state index contributed by atoms with van der Waals surface area (Å²) in [6.45, 7) is 6.07. The minimum atomic E-state index is -4.61. The normalized spacial score (nSPS) is 15.7. The number of alkyl halides is 3. The van der Waals surface area contributed by atoms with Crippen molar-refractivity contribution >= 4 is 15.8 Å². The van der Waals surface area contributed by atoms with Gasteiger partial charge in [0.05, 0.1) is 15.2 Å². The number of ether oxygens (including phenoxy) is 1. The molecule has 0 bridgehead atoms. The molecule has 36 heavy (non-hydrogen) atoms. The molecule has 0 N–H and O–H groups in total. The van der Waals surface area contributed by atoms with Crippen molar-refractivity contribution in [3.8, 4) is 11.6 Å². The summed E-state index contributed by atoms with van der Waals surface area (Å²) < 4.78 is 71.0. The van der Waals surface area contributed by atoms with Gasteiger partial charge >= 0.3 is 6.18 Å². The van der Waals surface area contributed by atoms with E-state index < -0.39 is 26.3 Å². The Balaban J connectivity index is 1.49. The lowest BCUT2D eigenvalue weighted by Gasteiger charge is -2.40. The predicted octanol–water partition coefficient (Wildman–Crippen LogP) is 6.07. The van der Waals surface area contributed by atoms with E-state index in [-0.39, 0.29) is 10.8 Å². The third-order valence-corrected chi connectivity index (χ3v) is 9.39. The van der Waals surface area contributed by atoms with Gasteiger partial charge in [-0.25, -0.2) is 13.4 Å². The third-order valence-electron chi connectivity index (χ3n) is 6.80. The number of anilines is 1. The Morgan fingerprint density at radius 2 is 1.67 bits per heavy atom. The van der Waals surface area contributed by atoms with Crippen LogP contribution in [0.1, 0.15) is 37.8 Å². The minimum absolute atomic E-state index is 0.251. The predicted molar refractivity (Wildman–Crippen MR) is 131 cm³/mol. The zero-order valence-electron chi connectivity index (χ0n) is 20.3. The maximum absolute atomic E-state index is 13.4. The van der Waals surface area contributed by atoms with E-state index in [9.17, 15) is 21.6 Å². The van der Waals surface area contributed by atoms with Crippen molar-refractivity contribution in [3.63, 3.8) is 0 Å². The summed E-state index contributed by atoms with van der Waals surface area (Å²) >= 11 is 0. The second-order valence-corrected chi connectivity index (χ2v) is 12.0. The van der Waals surface area contributed by atoms with Gasteiger partial charge in [0, 0.05) is 24.8 Å². The molecule has 1 fully saturated rings. The highest BCUT2D eigenvalue weighted by atomic mass is 32.2. The van der Waals surface area contributed by atoms with Gasteiger partial charge in [0.15, 0.2) is 9.84 Å². The molecule has 0 radical (unpaired) electrons. The van der Waals surface area contributed by atoms with E-state index >= 15 is 0 Å². The second kappa shape index (κ2) is 9.72. The SMILES string of the molecule is Cc1cnc(N2CCC(C(C)(C)S(=O)(=O)c3cccc(C(F)(F)F)c3)CC2)nc1Oc1ccccc1. The summed E-state index contributed by atoms with van der Waals surface area (Å²) in [6.07, 6.45) is -1.87. The summed E-state index contributed by atoms with van der Waals surface area (Å²) in [5, 5.41) is 0. The van der Waals surface area contributed by atoms with Crippen LogP contribution in [0, 0.1) is 12.8 Å². The van der Waals surface area contributed by atoms with Crippen LogP contribution in [0.2, 0.25) is 0 Å². The number of rotatable bonds is 6. The number of hydrogen-bond acceptors (Lipinski definition) is 6. The lowest BCUT2D eigenvalue weighted by Crippen LogP contribution is -2.46. The first-order chi connectivity index (χ1) is 16.9. The maximum atomic E-state index is 13.4. The molecule has 2 aromatic carbocycles. The molecule has 1 saturated heterocycles. The molecule has 192 valence electrons. The van der Waals surface area contributed by atoms with Gasteiger partial charge in [0.25, 0.3) is 0 Å². The largest absolute Gasteiger partial charge is 0.439 e. The molecule has 4 rings (SSSR count). The van der Waals surface area contributed by atoms with Gasteiger partial charge in [-0.2, -0.15) is 18.2 Å². The molecule has 0 spiro atoms. The molecule has 6 nitrogen and oxygen atoms in total. The summed E-state index contributed by atoms with van der Waals surface area (Å²) in [7, 11) is -4.02. The van der Waals surface area contributed by atoms with E-state index in [2.05, 4.69) is 9.97 Å². The van der Waals surface area contributed by atoms with E-state index in [1.807, 2.05) is 42.2 Å². The average Bonchev–Trinajstić information content (AvgIpc) is 2.85. The smallest absolute Gasteiger partial charge is 0.416 e. The number of halogens is 3. The van der Waals surface area contributed by atoms with E-state index in [0.29, 0.717) is 43.5 Å². The lowest BCUT2D eigenvalue weighted by molar-refractivity contribution is -0.137. The highest BCUT2D eigenvalue weighted by molar-refractivity contribution is 7.92. The first-order valence-corrected chi connectivity index (χ1v) is 13.1. The number of nitrogens with zero attached hydrogens (tertiary/aromatic N) is 3. The molecule has 2 heterocycles. The monoisotopic (exact) mass is 519 g/mol. The fraction of sp³-hybridized carbons (Fsp3) is 0.385. The van der Waals surface area contributed by atoms with Gasteiger partial charge in [-0.05, 0) is 69.9 Å². The Morgan fingerprint density at radius 3 is 2.31 bits per heavy atom.